The normalized spacial score (nSPS) is 13.3. The molecule has 2 unspecified atom stereocenters. The molecule has 5 N–H and O–H groups in total. The van der Waals surface area contributed by atoms with Crippen LogP contribution in [0.3, 0.4) is 0 Å². The van der Waals surface area contributed by atoms with Gasteiger partial charge in [-0.2, -0.15) is 0 Å². The lowest BCUT2D eigenvalue weighted by Crippen LogP contribution is -2.34. The molecule has 0 heterocycles. The molecule has 0 aliphatic carbocycles. The van der Waals surface area contributed by atoms with Gasteiger partial charge in [-0.3, -0.25) is 0 Å². The fraction of sp³-hybridized carbons (Fsp3) is 0.368. The maximum absolute atomic E-state index is 10.3. The van der Waals surface area contributed by atoms with Gasteiger partial charge in [0.15, 0.2) is 0 Å². The Morgan fingerprint density at radius 1 is 1.12 bits per heavy atom. The van der Waals surface area contributed by atoms with Crippen LogP contribution in [0, 0.1) is 0 Å². The van der Waals surface area contributed by atoms with Gasteiger partial charge in [0.05, 0.1) is 13.2 Å². The Labute approximate surface area is 148 Å². The summed E-state index contributed by atoms with van der Waals surface area (Å²) < 4.78 is 10.8. The number of hydrogen-bond acceptors (Lipinski definition) is 6. The number of phenolic OH excluding ortho intramolecular Hbond substituents is 1. The maximum Gasteiger partial charge on any atom is 0.120 e. The van der Waals surface area contributed by atoms with Crippen LogP contribution in [0.15, 0.2) is 42.5 Å². The van der Waals surface area contributed by atoms with Gasteiger partial charge in [0, 0.05) is 24.7 Å². The predicted octanol–water partition coefficient (Wildman–Crippen LogP) is 1.95. The van der Waals surface area contributed by atoms with E-state index in [1.807, 2.05) is 31.2 Å². The monoisotopic (exact) mass is 346 g/mol. The molecule has 0 aliphatic rings. The lowest BCUT2D eigenvalue weighted by Gasteiger charge is -2.18. The van der Waals surface area contributed by atoms with Gasteiger partial charge < -0.3 is 30.7 Å². The molecular weight excluding hydrogens is 320 g/mol. The number of aromatic hydroxyl groups is 1. The average Bonchev–Trinajstić information content (AvgIpc) is 2.65. The van der Waals surface area contributed by atoms with Gasteiger partial charge >= 0.3 is 0 Å². The van der Waals surface area contributed by atoms with Crippen molar-refractivity contribution >= 4 is 0 Å². The fourth-order valence-electron chi connectivity index (χ4n) is 2.36. The van der Waals surface area contributed by atoms with E-state index in [0.29, 0.717) is 24.3 Å². The molecule has 2 aromatic rings. The molecule has 0 aromatic heterocycles. The molecule has 6 heteroatoms. The number of phenols is 1. The second-order valence-corrected chi connectivity index (χ2v) is 5.90. The zero-order valence-corrected chi connectivity index (χ0v) is 14.6. The number of methoxy groups -OCH3 is 1. The number of rotatable bonds is 9. The van der Waals surface area contributed by atoms with E-state index in [0.717, 1.165) is 11.5 Å². The zero-order chi connectivity index (χ0) is 18.2. The van der Waals surface area contributed by atoms with Crippen LogP contribution in [0.4, 0.5) is 0 Å². The number of aliphatic hydroxyl groups excluding tert-OH is 1. The summed E-state index contributed by atoms with van der Waals surface area (Å²) in [5, 5.41) is 23.2. The molecule has 0 radical (unpaired) electrons. The standard InChI is InChI=1S/C19H26N2O4/c1-13(12-25-17-6-4-16(24-2)5-7-17)21-11-19(23)14-3-8-18(22)15(9-14)10-20/h3-9,13,19,21-23H,10-12,20H2,1-2H3. The second kappa shape index (κ2) is 9.27. The predicted molar refractivity (Wildman–Crippen MR) is 96.9 cm³/mol. The average molecular weight is 346 g/mol. The van der Waals surface area contributed by atoms with Gasteiger partial charge in [0.1, 0.15) is 23.9 Å². The number of benzene rings is 2. The van der Waals surface area contributed by atoms with E-state index in [1.54, 1.807) is 25.3 Å². The third-order valence-corrected chi connectivity index (χ3v) is 3.93. The third-order valence-electron chi connectivity index (χ3n) is 3.93. The Balaban J connectivity index is 1.79. The van der Waals surface area contributed by atoms with E-state index in [1.165, 1.54) is 0 Å². The topological polar surface area (TPSA) is 97.0 Å². The fourth-order valence-corrected chi connectivity index (χ4v) is 2.36. The molecule has 0 fully saturated rings. The number of nitrogens with two attached hydrogens (primary N) is 1. The van der Waals surface area contributed by atoms with Gasteiger partial charge in [0.25, 0.3) is 0 Å². The highest BCUT2D eigenvalue weighted by Crippen LogP contribution is 2.22. The van der Waals surface area contributed by atoms with Crippen molar-refractivity contribution < 1.29 is 19.7 Å². The quantitative estimate of drug-likeness (QED) is 0.554. The molecule has 0 amide bonds. The first-order valence-corrected chi connectivity index (χ1v) is 8.23. The highest BCUT2D eigenvalue weighted by atomic mass is 16.5. The molecule has 25 heavy (non-hydrogen) atoms. The lowest BCUT2D eigenvalue weighted by molar-refractivity contribution is 0.163. The van der Waals surface area contributed by atoms with Crippen molar-refractivity contribution in [2.75, 3.05) is 20.3 Å². The minimum absolute atomic E-state index is 0.0582. The molecular formula is C19H26N2O4. The molecule has 6 nitrogen and oxygen atoms in total. The summed E-state index contributed by atoms with van der Waals surface area (Å²) >= 11 is 0. The SMILES string of the molecule is COc1ccc(OCC(C)NCC(O)c2ccc(O)c(CN)c2)cc1. The lowest BCUT2D eigenvalue weighted by atomic mass is 10.0. The van der Waals surface area contributed by atoms with Crippen molar-refractivity contribution in [3.63, 3.8) is 0 Å². The van der Waals surface area contributed by atoms with Crippen LogP contribution in [-0.4, -0.2) is 36.5 Å². The van der Waals surface area contributed by atoms with Gasteiger partial charge in [-0.1, -0.05) is 6.07 Å². The molecule has 0 bridgehead atoms. The number of ether oxygens (including phenoxy) is 2. The molecule has 0 aliphatic heterocycles. The first-order chi connectivity index (χ1) is 12.0. The molecule has 2 atom stereocenters. The van der Waals surface area contributed by atoms with E-state index in [9.17, 15) is 10.2 Å². The first kappa shape index (κ1) is 19.1. The summed E-state index contributed by atoms with van der Waals surface area (Å²) in [5.41, 5.74) is 6.91. The molecule has 136 valence electrons. The largest absolute Gasteiger partial charge is 0.508 e. The number of aliphatic hydroxyl groups is 1. The van der Waals surface area contributed by atoms with E-state index in [-0.39, 0.29) is 18.3 Å². The number of nitrogens with one attached hydrogen (secondary N) is 1. The summed E-state index contributed by atoms with van der Waals surface area (Å²) in [6.45, 7) is 3.06. The molecule has 0 saturated carbocycles. The zero-order valence-electron chi connectivity index (χ0n) is 14.6. The maximum atomic E-state index is 10.3. The molecule has 0 saturated heterocycles. The van der Waals surface area contributed by atoms with Gasteiger partial charge in [0.2, 0.25) is 0 Å². The van der Waals surface area contributed by atoms with E-state index < -0.39 is 6.10 Å². The minimum Gasteiger partial charge on any atom is -0.508 e. The Bertz CT molecular complexity index is 661. The second-order valence-electron chi connectivity index (χ2n) is 5.90. The van der Waals surface area contributed by atoms with Crippen molar-refractivity contribution in [1.82, 2.24) is 5.32 Å². The van der Waals surface area contributed by atoms with Crippen LogP contribution >= 0.6 is 0 Å². The van der Waals surface area contributed by atoms with E-state index in [4.69, 9.17) is 15.2 Å². The number of hydrogen-bond donors (Lipinski definition) is 4. The van der Waals surface area contributed by atoms with Crippen LogP contribution in [-0.2, 0) is 6.54 Å². The third kappa shape index (κ3) is 5.63. The van der Waals surface area contributed by atoms with Crippen molar-refractivity contribution in [3.05, 3.63) is 53.6 Å². The van der Waals surface area contributed by atoms with Crippen molar-refractivity contribution in [2.24, 2.45) is 5.73 Å². The summed E-state index contributed by atoms with van der Waals surface area (Å²) in [6.07, 6.45) is -0.686. The van der Waals surface area contributed by atoms with E-state index in [2.05, 4.69) is 5.32 Å². The Hall–Kier alpha value is -2.28. The Morgan fingerprint density at radius 2 is 1.80 bits per heavy atom. The van der Waals surface area contributed by atoms with Gasteiger partial charge in [-0.25, -0.2) is 0 Å². The van der Waals surface area contributed by atoms with Crippen molar-refractivity contribution in [3.8, 4) is 17.2 Å². The smallest absolute Gasteiger partial charge is 0.120 e. The molecule has 2 rings (SSSR count). The highest BCUT2D eigenvalue weighted by Gasteiger charge is 2.12. The minimum atomic E-state index is -0.686. The highest BCUT2D eigenvalue weighted by molar-refractivity contribution is 5.37. The summed E-state index contributed by atoms with van der Waals surface area (Å²) in [7, 11) is 1.62. The Kier molecular flexibility index (Phi) is 7.06. The van der Waals surface area contributed by atoms with Crippen molar-refractivity contribution in [1.29, 1.82) is 0 Å². The van der Waals surface area contributed by atoms with Gasteiger partial charge in [-0.15, -0.1) is 0 Å². The summed E-state index contributed by atoms with van der Waals surface area (Å²) in [5.74, 6) is 1.70. The van der Waals surface area contributed by atoms with Gasteiger partial charge in [-0.05, 0) is 48.9 Å². The van der Waals surface area contributed by atoms with E-state index >= 15 is 0 Å². The summed E-state index contributed by atoms with van der Waals surface area (Å²) in [4.78, 5) is 0. The van der Waals surface area contributed by atoms with Crippen LogP contribution in [0.5, 0.6) is 17.2 Å². The first-order valence-electron chi connectivity index (χ1n) is 8.23. The van der Waals surface area contributed by atoms with Crippen molar-refractivity contribution in [2.45, 2.75) is 25.6 Å². The Morgan fingerprint density at radius 3 is 2.44 bits per heavy atom. The van der Waals surface area contributed by atoms with Crippen LogP contribution in [0.1, 0.15) is 24.2 Å². The van der Waals surface area contributed by atoms with Crippen LogP contribution in [0.2, 0.25) is 0 Å². The molecule has 2 aromatic carbocycles. The molecule has 0 spiro atoms. The van der Waals surface area contributed by atoms with Crippen LogP contribution in [0.25, 0.3) is 0 Å². The summed E-state index contributed by atoms with van der Waals surface area (Å²) in [6, 6.07) is 12.4. The van der Waals surface area contributed by atoms with Crippen LogP contribution < -0.4 is 20.5 Å².